The summed E-state index contributed by atoms with van der Waals surface area (Å²) in [6, 6.07) is 10.5. The fourth-order valence-electron chi connectivity index (χ4n) is 1.04. The van der Waals surface area contributed by atoms with Crippen molar-refractivity contribution in [1.29, 1.82) is 0 Å². The molecule has 2 aromatic rings. The average Bonchev–Trinajstić information content (AvgIpc) is 2.14. The number of hydrogen-bond donors (Lipinski definition) is 0. The second-order valence-electron chi connectivity index (χ2n) is 2.44. The van der Waals surface area contributed by atoms with E-state index in [1.54, 1.807) is 24.3 Å². The van der Waals surface area contributed by atoms with Gasteiger partial charge in [-0.25, -0.2) is 0 Å². The van der Waals surface area contributed by atoms with E-state index in [9.17, 15) is 0 Å². The fraction of sp³-hybridized carbons (Fsp3) is 0. The molecule has 0 amide bonds. The van der Waals surface area contributed by atoms with Crippen LogP contribution in [0.5, 0.6) is 0 Å². The van der Waals surface area contributed by atoms with Gasteiger partial charge in [0.05, 0.1) is 5.48 Å². The molecule has 0 radical (unpaired) electrons. The summed E-state index contributed by atoms with van der Waals surface area (Å²) in [6.07, 6.45) is 0. The highest BCUT2D eigenvalue weighted by molar-refractivity contribution is 5.62. The number of benzene rings is 2. The van der Waals surface area contributed by atoms with Crippen LogP contribution < -0.4 is 0 Å². The minimum absolute atomic E-state index is 0.268. The molecule has 0 spiro atoms. The SMILES string of the molecule is [2H]c1cc([2H])cc(-c2cc([2H])cc([2H])c2)c1. The van der Waals surface area contributed by atoms with Gasteiger partial charge in [0, 0.05) is 0 Å². The molecule has 0 heterocycles. The van der Waals surface area contributed by atoms with Crippen LogP contribution in [0.1, 0.15) is 5.48 Å². The molecule has 58 valence electrons. The van der Waals surface area contributed by atoms with Crippen LogP contribution >= 0.6 is 0 Å². The van der Waals surface area contributed by atoms with Gasteiger partial charge in [0.15, 0.2) is 0 Å². The first-order chi connectivity index (χ1) is 7.54. The van der Waals surface area contributed by atoms with E-state index in [0.29, 0.717) is 11.1 Å². The van der Waals surface area contributed by atoms with Gasteiger partial charge in [0.1, 0.15) is 0 Å². The summed E-state index contributed by atoms with van der Waals surface area (Å²) in [5.41, 5.74) is 1.42. The summed E-state index contributed by atoms with van der Waals surface area (Å²) in [5, 5.41) is 0. The highest BCUT2D eigenvalue weighted by Gasteiger charge is 1.91. The maximum absolute atomic E-state index is 7.52. The molecule has 0 atom stereocenters. The third kappa shape index (κ3) is 1.37. The molecule has 0 unspecified atom stereocenters. The van der Waals surface area contributed by atoms with E-state index in [1.807, 2.05) is 0 Å². The van der Waals surface area contributed by atoms with Crippen molar-refractivity contribution in [2.24, 2.45) is 0 Å². The van der Waals surface area contributed by atoms with Gasteiger partial charge < -0.3 is 0 Å². The van der Waals surface area contributed by atoms with Gasteiger partial charge in [0.25, 0.3) is 0 Å². The van der Waals surface area contributed by atoms with Crippen LogP contribution in [0.3, 0.4) is 0 Å². The van der Waals surface area contributed by atoms with E-state index in [0.717, 1.165) is 0 Å². The van der Waals surface area contributed by atoms with Gasteiger partial charge in [-0.3, -0.25) is 0 Å². The van der Waals surface area contributed by atoms with Crippen molar-refractivity contribution in [3.05, 3.63) is 60.6 Å². The predicted molar refractivity (Wildman–Crippen MR) is 51.9 cm³/mol. The summed E-state index contributed by atoms with van der Waals surface area (Å²) < 4.78 is 30.1. The largest absolute Gasteiger partial charge is 0.0623 e. The van der Waals surface area contributed by atoms with E-state index in [-0.39, 0.29) is 24.2 Å². The zero-order valence-electron chi connectivity index (χ0n) is 10.5. The maximum atomic E-state index is 7.52. The van der Waals surface area contributed by atoms with E-state index >= 15 is 0 Å². The van der Waals surface area contributed by atoms with Gasteiger partial charge in [-0.2, -0.15) is 0 Å². The Morgan fingerprint density at radius 1 is 0.667 bits per heavy atom. The summed E-state index contributed by atoms with van der Waals surface area (Å²) in [4.78, 5) is 0. The van der Waals surface area contributed by atoms with Crippen LogP contribution in [0.25, 0.3) is 11.1 Å². The van der Waals surface area contributed by atoms with Crippen molar-refractivity contribution in [1.82, 2.24) is 0 Å². The molecule has 0 saturated heterocycles. The Hall–Kier alpha value is -1.56. The maximum Gasteiger partial charge on any atom is 0.0623 e. The molecule has 0 nitrogen and oxygen atoms in total. The molecule has 0 fully saturated rings. The third-order valence-electron chi connectivity index (χ3n) is 1.62. The smallest absolute Gasteiger partial charge is 0.0622 e. The first kappa shape index (κ1) is 3.90. The van der Waals surface area contributed by atoms with Crippen molar-refractivity contribution in [2.45, 2.75) is 0 Å². The summed E-state index contributed by atoms with van der Waals surface area (Å²) >= 11 is 0. The van der Waals surface area contributed by atoms with Gasteiger partial charge in [-0.1, -0.05) is 60.6 Å². The molecule has 12 heavy (non-hydrogen) atoms. The van der Waals surface area contributed by atoms with Gasteiger partial charge in [-0.05, 0) is 11.1 Å². The molecule has 2 rings (SSSR count). The van der Waals surface area contributed by atoms with Crippen LogP contribution in [0.4, 0.5) is 0 Å². The second-order valence-corrected chi connectivity index (χ2v) is 2.44. The molecule has 0 aromatic heterocycles. The minimum atomic E-state index is 0.268. The van der Waals surface area contributed by atoms with Gasteiger partial charge in [-0.15, -0.1) is 0 Å². The Morgan fingerprint density at radius 2 is 1.00 bits per heavy atom. The Morgan fingerprint density at radius 3 is 1.33 bits per heavy atom. The third-order valence-corrected chi connectivity index (χ3v) is 1.62. The quantitative estimate of drug-likeness (QED) is 0.597. The Bertz CT molecular complexity index is 445. The molecule has 0 N–H and O–H groups in total. The monoisotopic (exact) mass is 158 g/mol. The zero-order chi connectivity index (χ0) is 11.7. The van der Waals surface area contributed by atoms with E-state index < -0.39 is 0 Å². The van der Waals surface area contributed by atoms with Crippen molar-refractivity contribution in [2.75, 3.05) is 0 Å². The first-order valence-electron chi connectivity index (χ1n) is 5.71. The molecule has 0 heteroatoms. The molecule has 2 aromatic carbocycles. The van der Waals surface area contributed by atoms with Crippen molar-refractivity contribution in [3.8, 4) is 11.1 Å². The lowest BCUT2D eigenvalue weighted by atomic mass is 10.1. The normalized spacial score (nSPS) is 14.3. The summed E-state index contributed by atoms with van der Waals surface area (Å²) in [6.45, 7) is 0. The predicted octanol–water partition coefficient (Wildman–Crippen LogP) is 3.35. The van der Waals surface area contributed by atoms with Crippen LogP contribution in [0, 0.1) is 0 Å². The van der Waals surface area contributed by atoms with Crippen LogP contribution in [-0.4, -0.2) is 0 Å². The van der Waals surface area contributed by atoms with Crippen LogP contribution in [0.15, 0.2) is 60.6 Å². The van der Waals surface area contributed by atoms with Crippen LogP contribution in [0.2, 0.25) is 0 Å². The number of hydrogen-bond acceptors (Lipinski definition) is 0. The van der Waals surface area contributed by atoms with E-state index in [2.05, 4.69) is 0 Å². The average molecular weight is 158 g/mol. The molecule has 0 saturated carbocycles. The lowest BCUT2D eigenvalue weighted by Gasteiger charge is -1.98. The molecule has 0 bridgehead atoms. The lowest BCUT2D eigenvalue weighted by Crippen LogP contribution is -1.73. The lowest BCUT2D eigenvalue weighted by molar-refractivity contribution is 1.62. The topological polar surface area (TPSA) is 0 Å². The molecule has 0 aliphatic heterocycles. The van der Waals surface area contributed by atoms with Crippen molar-refractivity contribution >= 4 is 0 Å². The molecular formula is C12H10. The van der Waals surface area contributed by atoms with Crippen LogP contribution in [-0.2, 0) is 0 Å². The van der Waals surface area contributed by atoms with E-state index in [1.165, 1.54) is 12.1 Å². The Balaban J connectivity index is 2.57. The molecular weight excluding hydrogens is 144 g/mol. The number of rotatable bonds is 1. The van der Waals surface area contributed by atoms with Crippen molar-refractivity contribution < 1.29 is 5.48 Å². The highest BCUT2D eigenvalue weighted by atomic mass is 14.0. The first-order valence-corrected chi connectivity index (χ1v) is 3.71. The second kappa shape index (κ2) is 3.22. The highest BCUT2D eigenvalue weighted by Crippen LogP contribution is 2.17. The zero-order valence-corrected chi connectivity index (χ0v) is 6.46. The molecule has 0 aliphatic rings. The minimum Gasteiger partial charge on any atom is -0.0622 e. The molecule has 0 aliphatic carbocycles. The van der Waals surface area contributed by atoms with E-state index in [4.69, 9.17) is 5.48 Å². The van der Waals surface area contributed by atoms with Gasteiger partial charge >= 0.3 is 0 Å². The summed E-state index contributed by atoms with van der Waals surface area (Å²) in [5.74, 6) is 0. The Kier molecular flexibility index (Phi) is 1.05. The van der Waals surface area contributed by atoms with Gasteiger partial charge in [0.2, 0.25) is 0 Å². The summed E-state index contributed by atoms with van der Waals surface area (Å²) in [7, 11) is 0. The fourth-order valence-corrected chi connectivity index (χ4v) is 1.04. The Labute approximate surface area is 78.1 Å². The standard InChI is InChI=1S/C12H10/c1-3-7-11(8-4-1)12-9-5-2-6-10-12/h1-10H/i3D,4D,5D,6D. The van der Waals surface area contributed by atoms with Crippen molar-refractivity contribution in [3.63, 3.8) is 0 Å².